The van der Waals surface area contributed by atoms with E-state index >= 15 is 0 Å². The van der Waals surface area contributed by atoms with Gasteiger partial charge >= 0.3 is 5.69 Å². The summed E-state index contributed by atoms with van der Waals surface area (Å²) in [5.74, 6) is 0.737. The van der Waals surface area contributed by atoms with Crippen LogP contribution in [0.2, 0.25) is 0 Å². The molecule has 0 aliphatic carbocycles. The summed E-state index contributed by atoms with van der Waals surface area (Å²) in [5, 5.41) is 0. The summed E-state index contributed by atoms with van der Waals surface area (Å²) in [6.45, 7) is 4.14. The van der Waals surface area contributed by atoms with E-state index in [1.54, 1.807) is 7.05 Å². The largest absolute Gasteiger partial charge is 0.332 e. The van der Waals surface area contributed by atoms with Gasteiger partial charge < -0.3 is 9.47 Å². The second-order valence-electron chi connectivity index (χ2n) is 7.08. The van der Waals surface area contributed by atoms with Crippen molar-refractivity contribution in [2.24, 2.45) is 7.05 Å². The molecule has 1 aliphatic rings. The van der Waals surface area contributed by atoms with Gasteiger partial charge in [0.15, 0.2) is 11.2 Å². The van der Waals surface area contributed by atoms with Crippen molar-refractivity contribution in [2.45, 2.75) is 45.7 Å². The minimum Gasteiger partial charge on any atom is -0.312 e. The van der Waals surface area contributed by atoms with Crippen LogP contribution in [0.3, 0.4) is 0 Å². The third-order valence-electron chi connectivity index (χ3n) is 5.27. The molecule has 7 nitrogen and oxygen atoms in total. The van der Waals surface area contributed by atoms with E-state index in [4.69, 9.17) is 4.98 Å². The second-order valence-corrected chi connectivity index (χ2v) is 7.08. The molecule has 2 aromatic heterocycles. The van der Waals surface area contributed by atoms with E-state index in [1.165, 1.54) is 9.13 Å². The van der Waals surface area contributed by atoms with Crippen LogP contribution >= 0.6 is 0 Å². The number of imidazole rings is 1. The number of fused-ring (bicyclic) bond motifs is 3. The highest BCUT2D eigenvalue weighted by atomic mass is 16.2. The SMILES string of the molecule is CCCCCn1c(=O)c2c(nc3n2CCCN3c2ccccc2)n(C)c1=O. The Kier molecular flexibility index (Phi) is 4.59. The maximum Gasteiger partial charge on any atom is 0.332 e. The lowest BCUT2D eigenvalue weighted by atomic mass is 10.2. The van der Waals surface area contributed by atoms with Gasteiger partial charge in [0.05, 0.1) is 0 Å². The van der Waals surface area contributed by atoms with Gasteiger partial charge in [-0.2, -0.15) is 4.98 Å². The summed E-state index contributed by atoms with van der Waals surface area (Å²) in [6.07, 6.45) is 3.80. The number of anilines is 2. The van der Waals surface area contributed by atoms with E-state index in [0.717, 1.165) is 50.4 Å². The normalized spacial score (nSPS) is 13.9. The van der Waals surface area contributed by atoms with Gasteiger partial charge in [-0.15, -0.1) is 0 Å². The monoisotopic (exact) mass is 367 g/mol. The predicted octanol–water partition coefficient (Wildman–Crippen LogP) is 2.63. The molecule has 0 atom stereocenters. The fraction of sp³-hybridized carbons (Fsp3) is 0.450. The van der Waals surface area contributed by atoms with Gasteiger partial charge in [-0.25, -0.2) is 4.79 Å². The van der Waals surface area contributed by atoms with E-state index in [-0.39, 0.29) is 11.2 Å². The van der Waals surface area contributed by atoms with Crippen molar-refractivity contribution in [2.75, 3.05) is 11.4 Å². The molecule has 4 rings (SSSR count). The highest BCUT2D eigenvalue weighted by Crippen LogP contribution is 2.30. The van der Waals surface area contributed by atoms with E-state index in [0.29, 0.717) is 17.7 Å². The fourth-order valence-corrected chi connectivity index (χ4v) is 3.83. The highest BCUT2D eigenvalue weighted by molar-refractivity contribution is 5.77. The van der Waals surface area contributed by atoms with Crippen LogP contribution in [0.4, 0.5) is 11.6 Å². The van der Waals surface area contributed by atoms with Crippen molar-refractivity contribution >= 4 is 22.8 Å². The first-order chi connectivity index (χ1) is 13.1. The van der Waals surface area contributed by atoms with Crippen LogP contribution in [0.25, 0.3) is 11.2 Å². The quantitative estimate of drug-likeness (QED) is 0.650. The zero-order valence-corrected chi connectivity index (χ0v) is 15.9. The van der Waals surface area contributed by atoms with Gasteiger partial charge in [0.2, 0.25) is 5.95 Å². The number of unbranched alkanes of at least 4 members (excludes halogenated alkanes) is 2. The third-order valence-corrected chi connectivity index (χ3v) is 5.27. The number of hydrogen-bond donors (Lipinski definition) is 0. The predicted molar refractivity (Wildman–Crippen MR) is 107 cm³/mol. The Hall–Kier alpha value is -2.83. The van der Waals surface area contributed by atoms with Crippen molar-refractivity contribution in [1.29, 1.82) is 0 Å². The van der Waals surface area contributed by atoms with Crippen LogP contribution < -0.4 is 16.1 Å². The molecule has 3 aromatic rings. The summed E-state index contributed by atoms with van der Waals surface area (Å²) < 4.78 is 4.86. The zero-order valence-electron chi connectivity index (χ0n) is 15.9. The smallest absolute Gasteiger partial charge is 0.312 e. The first-order valence-corrected chi connectivity index (χ1v) is 9.66. The first kappa shape index (κ1) is 17.6. The minimum atomic E-state index is -0.287. The molecule has 0 saturated carbocycles. The maximum atomic E-state index is 13.1. The molecule has 27 heavy (non-hydrogen) atoms. The topological polar surface area (TPSA) is 65.1 Å². The maximum absolute atomic E-state index is 13.1. The van der Waals surface area contributed by atoms with Crippen LogP contribution in [0.15, 0.2) is 39.9 Å². The average Bonchev–Trinajstić information content (AvgIpc) is 3.09. The molecule has 0 N–H and O–H groups in total. The van der Waals surface area contributed by atoms with Crippen molar-refractivity contribution in [3.05, 3.63) is 51.2 Å². The number of aryl methyl sites for hydroxylation is 2. The molecule has 1 aliphatic heterocycles. The molecule has 7 heteroatoms. The molecule has 3 heterocycles. The molecular weight excluding hydrogens is 342 g/mol. The Balaban J connectivity index is 1.90. The Morgan fingerprint density at radius 1 is 1.07 bits per heavy atom. The van der Waals surface area contributed by atoms with Crippen LogP contribution in [0.5, 0.6) is 0 Å². The van der Waals surface area contributed by atoms with Crippen LogP contribution in [-0.2, 0) is 20.1 Å². The Labute approximate surface area is 157 Å². The first-order valence-electron chi connectivity index (χ1n) is 9.66. The standard InChI is InChI=1S/C20H25N5O2/c1-3-4-8-12-25-18(26)16-17(22(2)20(25)27)21-19-23(13-9-14-24(16)19)15-10-6-5-7-11-15/h5-7,10-11H,3-4,8-9,12-14H2,1-2H3. The Morgan fingerprint density at radius 3 is 2.59 bits per heavy atom. The van der Waals surface area contributed by atoms with Crippen molar-refractivity contribution in [3.63, 3.8) is 0 Å². The number of para-hydroxylation sites is 1. The number of hydrogen-bond acceptors (Lipinski definition) is 4. The molecule has 1 aromatic carbocycles. The minimum absolute atomic E-state index is 0.224. The van der Waals surface area contributed by atoms with Crippen LogP contribution in [-0.4, -0.2) is 25.2 Å². The van der Waals surface area contributed by atoms with Crippen molar-refractivity contribution in [3.8, 4) is 0 Å². The Bertz CT molecular complexity index is 1080. The molecule has 0 spiro atoms. The lowest BCUT2D eigenvalue weighted by Crippen LogP contribution is -2.40. The van der Waals surface area contributed by atoms with Gasteiger partial charge in [0.1, 0.15) is 0 Å². The van der Waals surface area contributed by atoms with Gasteiger partial charge in [-0.05, 0) is 25.0 Å². The summed E-state index contributed by atoms with van der Waals surface area (Å²) in [6, 6.07) is 10.0. The lowest BCUT2D eigenvalue weighted by molar-refractivity contribution is 0.546. The molecular formula is C20H25N5O2. The zero-order chi connectivity index (χ0) is 19.0. The molecule has 0 amide bonds. The summed E-state index contributed by atoms with van der Waals surface area (Å²) in [7, 11) is 1.70. The highest BCUT2D eigenvalue weighted by Gasteiger charge is 2.26. The molecule has 0 bridgehead atoms. The van der Waals surface area contributed by atoms with Crippen LogP contribution in [0, 0.1) is 0 Å². The Morgan fingerprint density at radius 2 is 1.85 bits per heavy atom. The summed E-state index contributed by atoms with van der Waals surface area (Å²) in [5.41, 5.74) is 1.53. The number of aromatic nitrogens is 4. The number of nitrogens with zero attached hydrogens (tertiary/aromatic N) is 5. The van der Waals surface area contributed by atoms with E-state index < -0.39 is 0 Å². The lowest BCUT2D eigenvalue weighted by Gasteiger charge is -2.28. The van der Waals surface area contributed by atoms with E-state index in [9.17, 15) is 9.59 Å². The van der Waals surface area contributed by atoms with E-state index in [1.807, 2.05) is 34.9 Å². The molecule has 0 fully saturated rings. The molecule has 142 valence electrons. The van der Waals surface area contributed by atoms with Gasteiger partial charge in [-0.1, -0.05) is 38.0 Å². The third kappa shape index (κ3) is 2.87. The summed E-state index contributed by atoms with van der Waals surface area (Å²) >= 11 is 0. The average molecular weight is 367 g/mol. The molecule has 0 unspecified atom stereocenters. The number of benzene rings is 1. The van der Waals surface area contributed by atoms with Crippen molar-refractivity contribution in [1.82, 2.24) is 18.7 Å². The van der Waals surface area contributed by atoms with E-state index in [2.05, 4.69) is 11.8 Å². The molecule has 0 saturated heterocycles. The summed E-state index contributed by atoms with van der Waals surface area (Å²) in [4.78, 5) is 32.7. The number of rotatable bonds is 5. The van der Waals surface area contributed by atoms with Gasteiger partial charge in [0, 0.05) is 32.4 Å². The second kappa shape index (κ2) is 7.06. The fourth-order valence-electron chi connectivity index (χ4n) is 3.83. The van der Waals surface area contributed by atoms with Crippen molar-refractivity contribution < 1.29 is 0 Å². The van der Waals surface area contributed by atoms with Crippen LogP contribution in [0.1, 0.15) is 32.6 Å². The molecule has 0 radical (unpaired) electrons. The van der Waals surface area contributed by atoms with Gasteiger partial charge in [0.25, 0.3) is 5.56 Å². The van der Waals surface area contributed by atoms with Gasteiger partial charge in [-0.3, -0.25) is 13.9 Å².